The molecule has 0 saturated carbocycles. The number of hydrogen-bond donors (Lipinski definition) is 1. The minimum absolute atomic E-state index is 0.0108. The number of halogens is 1. The predicted octanol–water partition coefficient (Wildman–Crippen LogP) is 4.07. The van der Waals surface area contributed by atoms with Crippen molar-refractivity contribution < 1.29 is 0 Å². The van der Waals surface area contributed by atoms with Gasteiger partial charge in [-0.25, -0.2) is 0 Å². The Labute approximate surface area is 138 Å². The summed E-state index contributed by atoms with van der Waals surface area (Å²) < 4.78 is 1.02. The maximum absolute atomic E-state index is 6.60. The van der Waals surface area contributed by atoms with Gasteiger partial charge in [-0.2, -0.15) is 0 Å². The number of nitrogens with zero attached hydrogens (tertiary/aromatic N) is 2. The maximum Gasteiger partial charge on any atom is 0.0407 e. The van der Waals surface area contributed by atoms with E-state index >= 15 is 0 Å². The molecule has 0 aliphatic rings. The quantitative estimate of drug-likeness (QED) is 0.768. The molecule has 0 fully saturated rings. The van der Waals surface area contributed by atoms with Crippen LogP contribution in [-0.2, 0) is 0 Å². The van der Waals surface area contributed by atoms with Crippen molar-refractivity contribution in [3.05, 3.63) is 94.5 Å². The molecule has 4 heteroatoms. The lowest BCUT2D eigenvalue weighted by molar-refractivity contribution is 0.625. The zero-order chi connectivity index (χ0) is 15.4. The van der Waals surface area contributed by atoms with E-state index in [1.165, 1.54) is 0 Å². The van der Waals surface area contributed by atoms with Crippen LogP contribution in [0.4, 0.5) is 0 Å². The Hall–Kier alpha value is -2.04. The third kappa shape index (κ3) is 3.24. The van der Waals surface area contributed by atoms with Gasteiger partial charge in [0.15, 0.2) is 0 Å². The zero-order valence-corrected chi connectivity index (χ0v) is 13.5. The lowest BCUT2D eigenvalue weighted by Crippen LogP contribution is -2.21. The number of nitrogens with two attached hydrogens (primary N) is 1. The molecule has 0 bridgehead atoms. The highest BCUT2D eigenvalue weighted by Crippen LogP contribution is 2.35. The minimum atomic E-state index is -0.175. The van der Waals surface area contributed by atoms with Gasteiger partial charge >= 0.3 is 0 Å². The van der Waals surface area contributed by atoms with Gasteiger partial charge in [-0.3, -0.25) is 9.97 Å². The molecule has 3 rings (SSSR count). The Morgan fingerprint density at radius 3 is 1.91 bits per heavy atom. The van der Waals surface area contributed by atoms with Gasteiger partial charge < -0.3 is 5.73 Å². The smallest absolute Gasteiger partial charge is 0.0407 e. The standard InChI is InChI=1S/C18H16BrN3/c19-16-7-1-4-13(10-16)18(20)17(14-5-2-8-21-11-14)15-6-3-9-22-12-15/h1-12,17-18H,20H2. The first kappa shape index (κ1) is 14.9. The van der Waals surface area contributed by atoms with Crippen molar-refractivity contribution in [3.8, 4) is 0 Å². The fraction of sp³-hybridized carbons (Fsp3) is 0.111. The Balaban J connectivity index is 2.06. The molecule has 0 aliphatic carbocycles. The zero-order valence-electron chi connectivity index (χ0n) is 11.9. The van der Waals surface area contributed by atoms with Crippen LogP contribution < -0.4 is 5.73 Å². The van der Waals surface area contributed by atoms with E-state index in [2.05, 4.69) is 50.2 Å². The summed E-state index contributed by atoms with van der Waals surface area (Å²) in [5, 5.41) is 0. The highest BCUT2D eigenvalue weighted by atomic mass is 79.9. The van der Waals surface area contributed by atoms with Crippen molar-refractivity contribution in [3.63, 3.8) is 0 Å². The van der Waals surface area contributed by atoms with E-state index < -0.39 is 0 Å². The molecule has 0 aliphatic heterocycles. The molecule has 3 nitrogen and oxygen atoms in total. The molecule has 0 radical (unpaired) electrons. The largest absolute Gasteiger partial charge is 0.323 e. The number of aromatic nitrogens is 2. The molecule has 0 amide bonds. The number of hydrogen-bond acceptors (Lipinski definition) is 3. The molecule has 1 atom stereocenters. The van der Waals surface area contributed by atoms with Crippen LogP contribution in [0.15, 0.2) is 77.8 Å². The monoisotopic (exact) mass is 353 g/mol. The van der Waals surface area contributed by atoms with Crippen LogP contribution in [0.25, 0.3) is 0 Å². The topological polar surface area (TPSA) is 51.8 Å². The molecule has 2 heterocycles. The second kappa shape index (κ2) is 6.81. The molecular weight excluding hydrogens is 338 g/mol. The molecule has 1 aromatic carbocycles. The van der Waals surface area contributed by atoms with Crippen molar-refractivity contribution in [2.45, 2.75) is 12.0 Å². The van der Waals surface area contributed by atoms with Gasteiger partial charge in [0, 0.05) is 41.2 Å². The van der Waals surface area contributed by atoms with E-state index in [-0.39, 0.29) is 12.0 Å². The van der Waals surface area contributed by atoms with Crippen LogP contribution in [0.1, 0.15) is 28.7 Å². The SMILES string of the molecule is NC(c1cccc(Br)c1)C(c1cccnc1)c1cccnc1. The summed E-state index contributed by atoms with van der Waals surface area (Å²) >= 11 is 3.51. The second-order valence-electron chi connectivity index (χ2n) is 5.13. The summed E-state index contributed by atoms with van der Waals surface area (Å²) in [5.41, 5.74) is 9.84. The summed E-state index contributed by atoms with van der Waals surface area (Å²) in [6, 6.07) is 15.9. The highest BCUT2D eigenvalue weighted by molar-refractivity contribution is 9.10. The fourth-order valence-electron chi connectivity index (χ4n) is 2.63. The first-order valence-electron chi connectivity index (χ1n) is 7.06. The normalized spacial score (nSPS) is 12.3. The Kier molecular flexibility index (Phi) is 4.61. The van der Waals surface area contributed by atoms with Gasteiger partial charge in [-0.15, -0.1) is 0 Å². The summed E-state index contributed by atoms with van der Waals surface area (Å²) in [4.78, 5) is 8.48. The van der Waals surface area contributed by atoms with E-state index in [0.717, 1.165) is 21.2 Å². The van der Waals surface area contributed by atoms with Crippen LogP contribution in [0.5, 0.6) is 0 Å². The lowest BCUT2D eigenvalue weighted by Gasteiger charge is -2.25. The third-order valence-corrected chi connectivity index (χ3v) is 4.17. The van der Waals surface area contributed by atoms with E-state index in [1.807, 2.05) is 36.7 Å². The van der Waals surface area contributed by atoms with Crippen LogP contribution in [0, 0.1) is 0 Å². The number of rotatable bonds is 4. The van der Waals surface area contributed by atoms with Gasteiger partial charge in [-0.05, 0) is 41.0 Å². The van der Waals surface area contributed by atoms with Crippen molar-refractivity contribution in [2.75, 3.05) is 0 Å². The summed E-state index contributed by atoms with van der Waals surface area (Å²) in [7, 11) is 0. The van der Waals surface area contributed by atoms with Crippen molar-refractivity contribution >= 4 is 15.9 Å². The average Bonchev–Trinajstić information content (AvgIpc) is 2.57. The van der Waals surface area contributed by atoms with Crippen molar-refractivity contribution in [1.29, 1.82) is 0 Å². The number of benzene rings is 1. The summed E-state index contributed by atoms with van der Waals surface area (Å²) in [6.07, 6.45) is 7.29. The second-order valence-corrected chi connectivity index (χ2v) is 6.05. The maximum atomic E-state index is 6.60. The summed E-state index contributed by atoms with van der Waals surface area (Å²) in [5.74, 6) is 0.0108. The van der Waals surface area contributed by atoms with E-state index in [1.54, 1.807) is 12.4 Å². The summed E-state index contributed by atoms with van der Waals surface area (Å²) in [6.45, 7) is 0. The first-order chi connectivity index (χ1) is 10.8. The van der Waals surface area contributed by atoms with E-state index in [9.17, 15) is 0 Å². The van der Waals surface area contributed by atoms with Crippen molar-refractivity contribution in [2.24, 2.45) is 5.73 Å². The molecule has 110 valence electrons. The number of pyridine rings is 2. The molecule has 3 aromatic rings. The molecule has 0 saturated heterocycles. The predicted molar refractivity (Wildman–Crippen MR) is 91.4 cm³/mol. The van der Waals surface area contributed by atoms with E-state index in [0.29, 0.717) is 0 Å². The molecule has 1 unspecified atom stereocenters. The van der Waals surface area contributed by atoms with Crippen LogP contribution in [0.3, 0.4) is 0 Å². The Bertz CT molecular complexity index is 692. The third-order valence-electron chi connectivity index (χ3n) is 3.68. The van der Waals surface area contributed by atoms with E-state index in [4.69, 9.17) is 5.73 Å². The van der Waals surface area contributed by atoms with Crippen LogP contribution in [0.2, 0.25) is 0 Å². The van der Waals surface area contributed by atoms with Gasteiger partial charge in [0.2, 0.25) is 0 Å². The molecular formula is C18H16BrN3. The Morgan fingerprint density at radius 2 is 1.41 bits per heavy atom. The highest BCUT2D eigenvalue weighted by Gasteiger charge is 2.23. The van der Waals surface area contributed by atoms with Gasteiger partial charge in [0.25, 0.3) is 0 Å². The van der Waals surface area contributed by atoms with Gasteiger partial charge in [0.05, 0.1) is 0 Å². The first-order valence-corrected chi connectivity index (χ1v) is 7.86. The van der Waals surface area contributed by atoms with Gasteiger partial charge in [-0.1, -0.05) is 40.2 Å². The molecule has 2 aromatic heterocycles. The fourth-order valence-corrected chi connectivity index (χ4v) is 3.05. The minimum Gasteiger partial charge on any atom is -0.323 e. The molecule has 2 N–H and O–H groups in total. The van der Waals surface area contributed by atoms with Crippen LogP contribution in [-0.4, -0.2) is 9.97 Å². The van der Waals surface area contributed by atoms with Crippen LogP contribution >= 0.6 is 15.9 Å². The molecule has 0 spiro atoms. The lowest BCUT2D eigenvalue weighted by atomic mass is 9.84. The molecule has 22 heavy (non-hydrogen) atoms. The van der Waals surface area contributed by atoms with Crippen molar-refractivity contribution in [1.82, 2.24) is 9.97 Å². The average molecular weight is 354 g/mol. The Morgan fingerprint density at radius 1 is 0.818 bits per heavy atom. The van der Waals surface area contributed by atoms with Gasteiger partial charge in [0.1, 0.15) is 0 Å².